The quantitative estimate of drug-likeness (QED) is 0.710. The second-order valence-corrected chi connectivity index (χ2v) is 5.56. The minimum Gasteiger partial charge on any atom is -0.508 e. The lowest BCUT2D eigenvalue weighted by Crippen LogP contribution is -1.81. The van der Waals surface area contributed by atoms with E-state index in [1.165, 1.54) is 0 Å². The van der Waals surface area contributed by atoms with Crippen molar-refractivity contribution in [2.45, 2.75) is 10.9 Å². The Bertz CT molecular complexity index is 726. The molecular formula is C14H11ClN2OS. The first-order valence-corrected chi connectivity index (χ1v) is 7.13. The lowest BCUT2D eigenvalue weighted by atomic mass is 10.2. The van der Waals surface area contributed by atoms with E-state index in [-0.39, 0.29) is 5.75 Å². The molecule has 0 fully saturated rings. The van der Waals surface area contributed by atoms with E-state index in [9.17, 15) is 5.11 Å². The van der Waals surface area contributed by atoms with Crippen LogP contribution in [0.25, 0.3) is 11.0 Å². The molecule has 3 nitrogen and oxygen atoms in total. The Hall–Kier alpha value is -1.65. The highest BCUT2D eigenvalue weighted by molar-refractivity contribution is 7.98. The van der Waals surface area contributed by atoms with Gasteiger partial charge in [-0.25, -0.2) is 4.98 Å². The molecule has 5 heteroatoms. The molecule has 0 atom stereocenters. The molecule has 3 rings (SSSR count). The molecule has 19 heavy (non-hydrogen) atoms. The number of aromatic amines is 1. The van der Waals surface area contributed by atoms with E-state index >= 15 is 0 Å². The summed E-state index contributed by atoms with van der Waals surface area (Å²) in [5, 5.41) is 11.0. The first-order valence-electron chi connectivity index (χ1n) is 5.77. The summed E-state index contributed by atoms with van der Waals surface area (Å²) in [4.78, 5) is 7.63. The number of nitrogens with zero attached hydrogens (tertiary/aromatic N) is 1. The third kappa shape index (κ3) is 2.85. The Kier molecular flexibility index (Phi) is 3.36. The third-order valence-electron chi connectivity index (χ3n) is 2.71. The van der Waals surface area contributed by atoms with Crippen LogP contribution in [0.3, 0.4) is 0 Å². The van der Waals surface area contributed by atoms with Gasteiger partial charge in [0.15, 0.2) is 5.16 Å². The van der Waals surface area contributed by atoms with Crippen molar-refractivity contribution >= 4 is 34.4 Å². The Balaban J connectivity index is 1.78. The first kappa shape index (κ1) is 12.4. The van der Waals surface area contributed by atoms with Crippen LogP contribution < -0.4 is 0 Å². The number of thioether (sulfide) groups is 1. The van der Waals surface area contributed by atoms with Crippen LogP contribution in [0.5, 0.6) is 5.75 Å². The van der Waals surface area contributed by atoms with E-state index in [1.807, 2.05) is 24.3 Å². The molecule has 0 aliphatic rings. The van der Waals surface area contributed by atoms with Gasteiger partial charge in [-0.1, -0.05) is 35.5 Å². The minimum atomic E-state index is 0.238. The molecule has 3 aromatic rings. The maximum absolute atomic E-state index is 9.41. The molecule has 0 saturated carbocycles. The predicted molar refractivity (Wildman–Crippen MR) is 78.8 cm³/mol. The molecule has 0 aliphatic heterocycles. The molecule has 1 aromatic heterocycles. The van der Waals surface area contributed by atoms with E-state index in [2.05, 4.69) is 9.97 Å². The Morgan fingerprint density at radius 3 is 2.95 bits per heavy atom. The molecule has 2 aromatic carbocycles. The number of benzene rings is 2. The van der Waals surface area contributed by atoms with E-state index < -0.39 is 0 Å². The highest BCUT2D eigenvalue weighted by Crippen LogP contribution is 2.25. The molecule has 2 N–H and O–H groups in total. The zero-order valence-electron chi connectivity index (χ0n) is 9.93. The van der Waals surface area contributed by atoms with Crippen LogP contribution in [0, 0.1) is 0 Å². The lowest BCUT2D eigenvalue weighted by Gasteiger charge is -1.99. The van der Waals surface area contributed by atoms with Crippen molar-refractivity contribution in [3.05, 3.63) is 53.1 Å². The Morgan fingerprint density at radius 2 is 2.11 bits per heavy atom. The van der Waals surface area contributed by atoms with Crippen molar-refractivity contribution in [2.24, 2.45) is 0 Å². The van der Waals surface area contributed by atoms with Crippen LogP contribution in [0.4, 0.5) is 0 Å². The van der Waals surface area contributed by atoms with E-state index in [0.717, 1.165) is 32.5 Å². The number of H-pyrrole nitrogens is 1. The summed E-state index contributed by atoms with van der Waals surface area (Å²) >= 11 is 7.55. The largest absolute Gasteiger partial charge is 0.508 e. The molecule has 0 radical (unpaired) electrons. The minimum absolute atomic E-state index is 0.238. The molecule has 0 unspecified atom stereocenters. The summed E-state index contributed by atoms with van der Waals surface area (Å²) < 4.78 is 0. The number of phenols is 1. The fraction of sp³-hybridized carbons (Fsp3) is 0.0714. The van der Waals surface area contributed by atoms with Crippen molar-refractivity contribution in [1.82, 2.24) is 9.97 Å². The zero-order chi connectivity index (χ0) is 13.2. The van der Waals surface area contributed by atoms with Gasteiger partial charge in [-0.15, -0.1) is 0 Å². The van der Waals surface area contributed by atoms with E-state index in [4.69, 9.17) is 11.6 Å². The van der Waals surface area contributed by atoms with Crippen LogP contribution in [-0.2, 0) is 5.75 Å². The van der Waals surface area contributed by atoms with Gasteiger partial charge in [0.25, 0.3) is 0 Å². The van der Waals surface area contributed by atoms with Gasteiger partial charge in [-0.3, -0.25) is 0 Å². The molecule has 0 bridgehead atoms. The van der Waals surface area contributed by atoms with E-state index in [0.29, 0.717) is 0 Å². The lowest BCUT2D eigenvalue weighted by molar-refractivity contribution is 0.476. The Labute approximate surface area is 119 Å². The zero-order valence-corrected chi connectivity index (χ0v) is 11.5. The number of aromatic hydroxyl groups is 1. The molecule has 0 amide bonds. The van der Waals surface area contributed by atoms with Crippen molar-refractivity contribution in [2.75, 3.05) is 0 Å². The summed E-state index contributed by atoms with van der Waals surface area (Å²) in [5.41, 5.74) is 2.85. The number of aromatic nitrogens is 2. The predicted octanol–water partition coefficient (Wildman–Crippen LogP) is 4.21. The highest BCUT2D eigenvalue weighted by Gasteiger charge is 2.04. The SMILES string of the molecule is Oc1ccc2nc(SCc3cccc(Cl)c3)[nH]c2c1. The van der Waals surface area contributed by atoms with Gasteiger partial charge < -0.3 is 10.1 Å². The molecule has 96 valence electrons. The Morgan fingerprint density at radius 1 is 1.21 bits per heavy atom. The number of phenolic OH excluding ortho intramolecular Hbond substituents is 1. The first-order chi connectivity index (χ1) is 9.20. The van der Waals surface area contributed by atoms with Gasteiger partial charge in [0, 0.05) is 16.8 Å². The number of nitrogens with one attached hydrogen (secondary N) is 1. The van der Waals surface area contributed by atoms with Crippen molar-refractivity contribution in [1.29, 1.82) is 0 Å². The standard InChI is InChI=1S/C14H11ClN2OS/c15-10-3-1-2-9(6-10)8-19-14-16-12-5-4-11(18)7-13(12)17-14/h1-7,18H,8H2,(H,16,17). The van der Waals surface area contributed by atoms with Gasteiger partial charge in [-0.2, -0.15) is 0 Å². The maximum Gasteiger partial charge on any atom is 0.166 e. The monoisotopic (exact) mass is 290 g/mol. The number of halogens is 1. The fourth-order valence-corrected chi connectivity index (χ4v) is 2.86. The van der Waals surface area contributed by atoms with Gasteiger partial charge in [0.05, 0.1) is 11.0 Å². The summed E-state index contributed by atoms with van der Waals surface area (Å²) in [6.45, 7) is 0. The van der Waals surface area contributed by atoms with Crippen LogP contribution in [0.1, 0.15) is 5.56 Å². The average molecular weight is 291 g/mol. The van der Waals surface area contributed by atoms with Gasteiger partial charge >= 0.3 is 0 Å². The summed E-state index contributed by atoms with van der Waals surface area (Å²) in [6, 6.07) is 12.9. The van der Waals surface area contributed by atoms with Crippen molar-refractivity contribution in [3.8, 4) is 5.75 Å². The smallest absolute Gasteiger partial charge is 0.166 e. The molecule has 1 heterocycles. The van der Waals surface area contributed by atoms with Gasteiger partial charge in [0.1, 0.15) is 5.75 Å². The van der Waals surface area contributed by atoms with Crippen LogP contribution in [0.15, 0.2) is 47.6 Å². The number of imidazole rings is 1. The maximum atomic E-state index is 9.41. The summed E-state index contributed by atoms with van der Waals surface area (Å²) in [5.74, 6) is 1.04. The molecule has 0 aliphatic carbocycles. The third-order valence-corrected chi connectivity index (χ3v) is 3.89. The normalized spacial score (nSPS) is 11.0. The second kappa shape index (κ2) is 5.15. The number of hydrogen-bond acceptors (Lipinski definition) is 3. The topological polar surface area (TPSA) is 48.9 Å². The summed E-state index contributed by atoms with van der Waals surface area (Å²) in [6.07, 6.45) is 0. The second-order valence-electron chi connectivity index (χ2n) is 4.16. The van der Waals surface area contributed by atoms with Crippen LogP contribution >= 0.6 is 23.4 Å². The average Bonchev–Trinajstić information content (AvgIpc) is 2.78. The van der Waals surface area contributed by atoms with Gasteiger partial charge in [-0.05, 0) is 29.8 Å². The fourth-order valence-electron chi connectivity index (χ4n) is 1.82. The van der Waals surface area contributed by atoms with Crippen molar-refractivity contribution < 1.29 is 5.11 Å². The number of fused-ring (bicyclic) bond motifs is 1. The molecule has 0 spiro atoms. The number of rotatable bonds is 3. The summed E-state index contributed by atoms with van der Waals surface area (Å²) in [7, 11) is 0. The van der Waals surface area contributed by atoms with Crippen LogP contribution in [-0.4, -0.2) is 15.1 Å². The van der Waals surface area contributed by atoms with Crippen LogP contribution in [0.2, 0.25) is 5.02 Å². The van der Waals surface area contributed by atoms with E-state index in [1.54, 1.807) is 30.0 Å². The number of hydrogen-bond donors (Lipinski definition) is 2. The van der Waals surface area contributed by atoms with Gasteiger partial charge in [0.2, 0.25) is 0 Å². The highest BCUT2D eigenvalue weighted by atomic mass is 35.5. The molecular weight excluding hydrogens is 280 g/mol. The van der Waals surface area contributed by atoms with Crippen molar-refractivity contribution in [3.63, 3.8) is 0 Å². The molecule has 0 saturated heterocycles.